The molecule has 2 aromatic carbocycles. The number of benzene rings is 2. The van der Waals surface area contributed by atoms with Crippen LogP contribution in [0, 0.1) is 6.92 Å². The first kappa shape index (κ1) is 29.8. The van der Waals surface area contributed by atoms with Crippen molar-refractivity contribution >= 4 is 23.4 Å². The Morgan fingerprint density at radius 3 is 2.31 bits per heavy atom. The van der Waals surface area contributed by atoms with Gasteiger partial charge in [0.2, 0.25) is 0 Å². The Morgan fingerprint density at radius 1 is 0.800 bits per heavy atom. The third-order valence-electron chi connectivity index (χ3n) is 7.72. The Kier molecular flexibility index (Phi) is 8.46. The van der Waals surface area contributed by atoms with Gasteiger partial charge < -0.3 is 15.5 Å². The van der Waals surface area contributed by atoms with E-state index in [1.54, 1.807) is 12.3 Å². The van der Waals surface area contributed by atoms with Gasteiger partial charge >= 0.3 is 6.18 Å². The van der Waals surface area contributed by atoms with Gasteiger partial charge in [0.25, 0.3) is 5.91 Å². The van der Waals surface area contributed by atoms with Crippen LogP contribution in [0.3, 0.4) is 0 Å². The van der Waals surface area contributed by atoms with Crippen LogP contribution in [-0.4, -0.2) is 44.9 Å². The molecule has 7 nitrogen and oxygen atoms in total. The Hall–Kier alpha value is -5.25. The van der Waals surface area contributed by atoms with Crippen molar-refractivity contribution in [2.24, 2.45) is 0 Å². The molecule has 1 saturated heterocycles. The molecule has 4 heterocycles. The average Bonchev–Trinajstić information content (AvgIpc) is 3.05. The molecule has 1 amide bonds. The van der Waals surface area contributed by atoms with Crippen LogP contribution in [0.1, 0.15) is 34.3 Å². The Morgan fingerprint density at radius 2 is 1.58 bits per heavy atom. The molecule has 5 aromatic rings. The van der Waals surface area contributed by atoms with Crippen LogP contribution < -0.4 is 10.6 Å². The second-order valence-electron chi connectivity index (χ2n) is 11.1. The molecular weight excluding hydrogens is 577 g/mol. The summed E-state index contributed by atoms with van der Waals surface area (Å²) in [7, 11) is 0. The number of rotatable bonds is 7. The van der Waals surface area contributed by atoms with E-state index in [9.17, 15) is 18.0 Å². The lowest BCUT2D eigenvalue weighted by Crippen LogP contribution is -2.42. The lowest BCUT2D eigenvalue weighted by atomic mass is 10.0. The molecule has 1 fully saturated rings. The molecule has 0 unspecified atom stereocenters. The highest BCUT2D eigenvalue weighted by atomic mass is 19.4. The molecule has 0 aliphatic carbocycles. The number of hydrogen-bond donors (Lipinski definition) is 2. The average molecular weight is 609 g/mol. The van der Waals surface area contributed by atoms with E-state index in [4.69, 9.17) is 0 Å². The van der Waals surface area contributed by atoms with Gasteiger partial charge in [0, 0.05) is 42.7 Å². The maximum absolute atomic E-state index is 13.3. The molecule has 45 heavy (non-hydrogen) atoms. The SMILES string of the molecule is Cc1cc(Nc2cc(C(F)(F)F)ccn2)nc(-c2ccc(NC3CCN(C(=O)c4cccc(-c5ccccc5)c4)CC3)nc2)c1. The summed E-state index contributed by atoms with van der Waals surface area (Å²) < 4.78 is 39.3. The standard InChI is InChI=1S/C35H31F3N6O/c1-23-18-30(42-33(19-23)43-32-21-28(12-15-39-32)35(36,37)38)27-10-11-31(40-22-27)41-29-13-16-44(17-14-29)34(45)26-9-5-8-25(20-26)24-6-3-2-4-7-24/h2-12,15,18-22,29H,13-14,16-17H2,1H3,(H,40,41)(H,39,42,43). The van der Waals surface area contributed by atoms with E-state index in [0.29, 0.717) is 30.2 Å². The number of aromatic nitrogens is 3. The number of carbonyl (C=O) groups excluding carboxylic acids is 1. The maximum Gasteiger partial charge on any atom is 0.416 e. The number of nitrogens with zero attached hydrogens (tertiary/aromatic N) is 4. The van der Waals surface area contributed by atoms with Crippen LogP contribution >= 0.6 is 0 Å². The largest absolute Gasteiger partial charge is 0.416 e. The monoisotopic (exact) mass is 608 g/mol. The van der Waals surface area contributed by atoms with E-state index >= 15 is 0 Å². The van der Waals surface area contributed by atoms with E-state index in [1.165, 1.54) is 0 Å². The summed E-state index contributed by atoms with van der Waals surface area (Å²) in [5.74, 6) is 1.20. The molecule has 10 heteroatoms. The van der Waals surface area contributed by atoms with Gasteiger partial charge in [-0.1, -0.05) is 42.5 Å². The summed E-state index contributed by atoms with van der Waals surface area (Å²) in [5, 5.41) is 6.36. The summed E-state index contributed by atoms with van der Waals surface area (Å²) in [4.78, 5) is 28.3. The predicted molar refractivity (Wildman–Crippen MR) is 169 cm³/mol. The minimum atomic E-state index is -4.46. The first-order valence-electron chi connectivity index (χ1n) is 14.7. The number of piperidine rings is 1. The highest BCUT2D eigenvalue weighted by Gasteiger charge is 2.31. The van der Waals surface area contributed by atoms with E-state index in [-0.39, 0.29) is 17.8 Å². The van der Waals surface area contributed by atoms with Crippen molar-refractivity contribution in [2.45, 2.75) is 32.0 Å². The molecule has 0 saturated carbocycles. The van der Waals surface area contributed by atoms with Crippen molar-refractivity contribution in [3.05, 3.63) is 120 Å². The number of carbonyl (C=O) groups is 1. The second-order valence-corrected chi connectivity index (χ2v) is 11.1. The van der Waals surface area contributed by atoms with Crippen molar-refractivity contribution in [3.63, 3.8) is 0 Å². The fourth-order valence-corrected chi connectivity index (χ4v) is 5.40. The fourth-order valence-electron chi connectivity index (χ4n) is 5.40. The summed E-state index contributed by atoms with van der Waals surface area (Å²) in [5.41, 5.74) is 4.28. The first-order chi connectivity index (χ1) is 21.7. The number of anilines is 3. The number of halogens is 3. The summed E-state index contributed by atoms with van der Waals surface area (Å²) in [6.07, 6.45) is -0.0358. The molecule has 0 atom stereocenters. The zero-order valence-electron chi connectivity index (χ0n) is 24.6. The molecular formula is C35H31F3N6O. The lowest BCUT2D eigenvalue weighted by molar-refractivity contribution is -0.137. The topological polar surface area (TPSA) is 83.0 Å². The van der Waals surface area contributed by atoms with E-state index < -0.39 is 11.7 Å². The zero-order valence-corrected chi connectivity index (χ0v) is 24.6. The van der Waals surface area contributed by atoms with Crippen molar-refractivity contribution in [2.75, 3.05) is 23.7 Å². The number of hydrogen-bond acceptors (Lipinski definition) is 6. The quantitative estimate of drug-likeness (QED) is 0.195. The normalized spacial score (nSPS) is 13.8. The van der Waals surface area contributed by atoms with Crippen LogP contribution in [-0.2, 0) is 6.18 Å². The molecule has 0 bridgehead atoms. The summed E-state index contributed by atoms with van der Waals surface area (Å²) in [6.45, 7) is 3.18. The van der Waals surface area contributed by atoms with Crippen LogP contribution in [0.4, 0.5) is 30.6 Å². The highest BCUT2D eigenvalue weighted by molar-refractivity contribution is 5.95. The number of aryl methyl sites for hydroxylation is 1. The van der Waals surface area contributed by atoms with E-state index in [2.05, 4.69) is 25.6 Å². The first-order valence-corrected chi connectivity index (χ1v) is 14.7. The maximum atomic E-state index is 13.3. The van der Waals surface area contributed by atoms with Gasteiger partial charge in [-0.2, -0.15) is 13.2 Å². The number of amides is 1. The Bertz CT molecular complexity index is 1790. The molecule has 0 radical (unpaired) electrons. The molecule has 6 rings (SSSR count). The minimum Gasteiger partial charge on any atom is -0.367 e. The Labute approximate surface area is 259 Å². The smallest absolute Gasteiger partial charge is 0.367 e. The fraction of sp³-hybridized carbons (Fsp3) is 0.200. The van der Waals surface area contributed by atoms with Gasteiger partial charge in [-0.3, -0.25) is 4.79 Å². The van der Waals surface area contributed by atoms with Gasteiger partial charge in [0.15, 0.2) is 0 Å². The van der Waals surface area contributed by atoms with Crippen LogP contribution in [0.5, 0.6) is 0 Å². The van der Waals surface area contributed by atoms with Gasteiger partial charge in [-0.15, -0.1) is 0 Å². The van der Waals surface area contributed by atoms with Crippen molar-refractivity contribution in [3.8, 4) is 22.4 Å². The minimum absolute atomic E-state index is 0.0389. The van der Waals surface area contributed by atoms with E-state index in [1.807, 2.05) is 84.6 Å². The van der Waals surface area contributed by atoms with Gasteiger partial charge in [-0.25, -0.2) is 15.0 Å². The van der Waals surface area contributed by atoms with Crippen LogP contribution in [0.2, 0.25) is 0 Å². The molecule has 1 aliphatic rings. The molecule has 1 aliphatic heterocycles. The third-order valence-corrected chi connectivity index (χ3v) is 7.72. The summed E-state index contributed by atoms with van der Waals surface area (Å²) in [6, 6.07) is 27.3. The van der Waals surface area contributed by atoms with Gasteiger partial charge in [-0.05, 0) is 85.0 Å². The predicted octanol–water partition coefficient (Wildman–Crippen LogP) is 7.99. The van der Waals surface area contributed by atoms with Gasteiger partial charge in [0.05, 0.1) is 11.3 Å². The molecule has 2 N–H and O–H groups in total. The van der Waals surface area contributed by atoms with Gasteiger partial charge in [0.1, 0.15) is 17.5 Å². The zero-order chi connectivity index (χ0) is 31.4. The lowest BCUT2D eigenvalue weighted by Gasteiger charge is -2.32. The number of pyridine rings is 3. The third kappa shape index (κ3) is 7.29. The van der Waals surface area contributed by atoms with Crippen molar-refractivity contribution < 1.29 is 18.0 Å². The molecule has 228 valence electrons. The van der Waals surface area contributed by atoms with E-state index in [0.717, 1.165) is 59.2 Å². The second kappa shape index (κ2) is 12.8. The van der Waals surface area contributed by atoms with Crippen LogP contribution in [0.15, 0.2) is 103 Å². The van der Waals surface area contributed by atoms with Crippen LogP contribution in [0.25, 0.3) is 22.4 Å². The number of alkyl halides is 3. The Balaban J connectivity index is 1.06. The number of likely N-dealkylation sites (tertiary alicyclic amines) is 1. The van der Waals surface area contributed by atoms with Crippen molar-refractivity contribution in [1.29, 1.82) is 0 Å². The summed E-state index contributed by atoms with van der Waals surface area (Å²) >= 11 is 0. The van der Waals surface area contributed by atoms with Crippen molar-refractivity contribution in [1.82, 2.24) is 19.9 Å². The molecule has 3 aromatic heterocycles. The highest BCUT2D eigenvalue weighted by Crippen LogP contribution is 2.31. The number of nitrogens with one attached hydrogen (secondary N) is 2. The molecule has 0 spiro atoms.